The highest BCUT2D eigenvalue weighted by Gasteiger charge is 2.30. The molecule has 0 saturated heterocycles. The van der Waals surface area contributed by atoms with Gasteiger partial charge < -0.3 is 8.85 Å². The highest BCUT2D eigenvalue weighted by molar-refractivity contribution is 6.46. The van der Waals surface area contributed by atoms with Crippen molar-refractivity contribution >= 4 is 9.28 Å². The maximum absolute atomic E-state index is 5.35. The van der Waals surface area contributed by atoms with Crippen molar-refractivity contribution in [2.75, 3.05) is 14.2 Å². The van der Waals surface area contributed by atoms with Gasteiger partial charge in [0.15, 0.2) is 0 Å². The van der Waals surface area contributed by atoms with E-state index in [1.54, 1.807) is 14.2 Å². The predicted molar refractivity (Wildman–Crippen MR) is 47.9 cm³/mol. The molecule has 0 N–H and O–H groups in total. The summed E-state index contributed by atoms with van der Waals surface area (Å²) in [6.07, 6.45) is 4.00. The van der Waals surface area contributed by atoms with Crippen LogP contribution in [0.4, 0.5) is 0 Å². The standard InChI is InChI=1S/C8H18O2Si/c1-7-4-5-8(6-7)11(9-2)10-3/h7-8,11H,4-6H2,1-3H3. The summed E-state index contributed by atoms with van der Waals surface area (Å²) >= 11 is 0. The zero-order valence-corrected chi connectivity index (χ0v) is 8.82. The number of hydrogen-bond donors (Lipinski definition) is 0. The molecule has 1 aliphatic rings. The van der Waals surface area contributed by atoms with Gasteiger partial charge in [-0.05, 0) is 18.8 Å². The molecule has 11 heavy (non-hydrogen) atoms. The fraction of sp³-hybridized carbons (Fsp3) is 1.00. The summed E-state index contributed by atoms with van der Waals surface area (Å²) < 4.78 is 10.7. The van der Waals surface area contributed by atoms with E-state index in [0.717, 1.165) is 11.5 Å². The van der Waals surface area contributed by atoms with Crippen LogP contribution in [-0.2, 0) is 8.85 Å². The first-order valence-electron chi connectivity index (χ1n) is 4.33. The summed E-state index contributed by atoms with van der Waals surface area (Å²) in [5.74, 6) is 0.889. The Morgan fingerprint density at radius 1 is 1.18 bits per heavy atom. The molecule has 3 heteroatoms. The summed E-state index contributed by atoms with van der Waals surface area (Å²) in [6, 6.07) is 0. The molecule has 0 amide bonds. The van der Waals surface area contributed by atoms with Gasteiger partial charge in [0.25, 0.3) is 0 Å². The lowest BCUT2D eigenvalue weighted by Crippen LogP contribution is -2.24. The Balaban J connectivity index is 2.34. The van der Waals surface area contributed by atoms with E-state index in [0.29, 0.717) is 0 Å². The number of hydrogen-bond acceptors (Lipinski definition) is 2. The van der Waals surface area contributed by atoms with Crippen molar-refractivity contribution in [1.29, 1.82) is 0 Å². The van der Waals surface area contributed by atoms with Gasteiger partial charge in [-0.3, -0.25) is 0 Å². The molecule has 0 heterocycles. The fourth-order valence-electron chi connectivity index (χ4n) is 1.98. The summed E-state index contributed by atoms with van der Waals surface area (Å²) in [6.45, 7) is 2.32. The molecule has 1 fully saturated rings. The third-order valence-corrected chi connectivity index (χ3v) is 4.89. The molecule has 66 valence electrons. The third kappa shape index (κ3) is 2.29. The van der Waals surface area contributed by atoms with E-state index in [4.69, 9.17) is 8.85 Å². The van der Waals surface area contributed by atoms with Gasteiger partial charge in [-0.15, -0.1) is 0 Å². The lowest BCUT2D eigenvalue weighted by atomic mass is 10.1. The summed E-state index contributed by atoms with van der Waals surface area (Å²) in [5, 5.41) is 0. The Kier molecular flexibility index (Phi) is 3.55. The van der Waals surface area contributed by atoms with Crippen LogP contribution in [0.2, 0.25) is 5.54 Å². The van der Waals surface area contributed by atoms with Crippen molar-refractivity contribution < 1.29 is 8.85 Å². The molecule has 1 rings (SSSR count). The normalized spacial score (nSPS) is 31.6. The second-order valence-electron chi connectivity index (χ2n) is 3.52. The Hall–Kier alpha value is 0.137. The molecule has 0 bridgehead atoms. The van der Waals surface area contributed by atoms with E-state index < -0.39 is 9.28 Å². The van der Waals surface area contributed by atoms with E-state index in [-0.39, 0.29) is 0 Å². The molecule has 2 nitrogen and oxygen atoms in total. The molecule has 1 saturated carbocycles. The molecule has 0 spiro atoms. The minimum absolute atomic E-state index is 0.764. The quantitative estimate of drug-likeness (QED) is 0.606. The van der Waals surface area contributed by atoms with Gasteiger partial charge in [-0.1, -0.05) is 13.3 Å². The van der Waals surface area contributed by atoms with Crippen LogP contribution in [0.5, 0.6) is 0 Å². The first kappa shape index (κ1) is 9.23. The van der Waals surface area contributed by atoms with Crippen molar-refractivity contribution in [3.8, 4) is 0 Å². The molecule has 0 aromatic carbocycles. The van der Waals surface area contributed by atoms with Gasteiger partial charge in [0.05, 0.1) is 0 Å². The Bertz CT molecular complexity index is 115. The van der Waals surface area contributed by atoms with E-state index in [9.17, 15) is 0 Å². The Morgan fingerprint density at radius 3 is 2.18 bits per heavy atom. The van der Waals surface area contributed by atoms with Gasteiger partial charge in [-0.2, -0.15) is 0 Å². The molecular weight excluding hydrogens is 156 g/mol. The van der Waals surface area contributed by atoms with Gasteiger partial charge >= 0.3 is 9.28 Å². The van der Waals surface area contributed by atoms with Crippen LogP contribution in [-0.4, -0.2) is 23.5 Å². The van der Waals surface area contributed by atoms with E-state index in [1.807, 2.05) is 0 Å². The lowest BCUT2D eigenvalue weighted by molar-refractivity contribution is 0.264. The van der Waals surface area contributed by atoms with Crippen molar-refractivity contribution in [2.24, 2.45) is 5.92 Å². The van der Waals surface area contributed by atoms with Crippen molar-refractivity contribution in [3.63, 3.8) is 0 Å². The second kappa shape index (κ2) is 4.23. The summed E-state index contributed by atoms with van der Waals surface area (Å²) in [7, 11) is 2.28. The molecule has 0 aromatic heterocycles. The first-order chi connectivity index (χ1) is 5.27. The van der Waals surface area contributed by atoms with E-state index in [1.165, 1.54) is 19.3 Å². The lowest BCUT2D eigenvalue weighted by Gasteiger charge is -2.17. The monoisotopic (exact) mass is 174 g/mol. The smallest absolute Gasteiger partial charge is 0.324 e. The summed E-state index contributed by atoms with van der Waals surface area (Å²) in [4.78, 5) is 0. The largest absolute Gasteiger partial charge is 0.400 e. The third-order valence-electron chi connectivity index (χ3n) is 2.58. The van der Waals surface area contributed by atoms with Gasteiger partial charge in [0, 0.05) is 19.8 Å². The topological polar surface area (TPSA) is 18.5 Å². The average molecular weight is 174 g/mol. The van der Waals surface area contributed by atoms with Crippen molar-refractivity contribution in [1.82, 2.24) is 0 Å². The highest BCUT2D eigenvalue weighted by Crippen LogP contribution is 2.37. The van der Waals surface area contributed by atoms with Crippen LogP contribution in [0.15, 0.2) is 0 Å². The highest BCUT2D eigenvalue weighted by atomic mass is 28.3. The van der Waals surface area contributed by atoms with E-state index in [2.05, 4.69) is 6.92 Å². The molecule has 2 atom stereocenters. The molecule has 0 aromatic rings. The molecule has 1 aliphatic carbocycles. The van der Waals surface area contributed by atoms with Crippen LogP contribution in [0.3, 0.4) is 0 Å². The van der Waals surface area contributed by atoms with Gasteiger partial charge in [0.2, 0.25) is 0 Å². The van der Waals surface area contributed by atoms with Crippen LogP contribution in [0.25, 0.3) is 0 Å². The second-order valence-corrected chi connectivity index (χ2v) is 6.14. The molecule has 2 unspecified atom stereocenters. The van der Waals surface area contributed by atoms with Gasteiger partial charge in [-0.25, -0.2) is 0 Å². The maximum atomic E-state index is 5.35. The van der Waals surface area contributed by atoms with Crippen molar-refractivity contribution in [3.05, 3.63) is 0 Å². The molecule has 0 aliphatic heterocycles. The fourth-order valence-corrected chi connectivity index (χ4v) is 4.09. The minimum atomic E-state index is -1.28. The van der Waals surface area contributed by atoms with Crippen molar-refractivity contribution in [2.45, 2.75) is 31.7 Å². The SMILES string of the molecule is CO[SiH](OC)C1CCC(C)C1. The van der Waals surface area contributed by atoms with Crippen LogP contribution in [0, 0.1) is 5.92 Å². The summed E-state index contributed by atoms with van der Waals surface area (Å²) in [5.41, 5.74) is 0.764. The maximum Gasteiger partial charge on any atom is 0.324 e. The predicted octanol–water partition coefficient (Wildman–Crippen LogP) is 1.69. The zero-order chi connectivity index (χ0) is 8.27. The van der Waals surface area contributed by atoms with Crippen LogP contribution >= 0.6 is 0 Å². The first-order valence-corrected chi connectivity index (χ1v) is 5.94. The molecular formula is C8H18O2Si. The minimum Gasteiger partial charge on any atom is -0.400 e. The molecule has 0 radical (unpaired) electrons. The Labute approximate surface area is 70.7 Å². The van der Waals surface area contributed by atoms with Crippen LogP contribution in [0.1, 0.15) is 26.2 Å². The zero-order valence-electron chi connectivity index (χ0n) is 7.67. The van der Waals surface area contributed by atoms with Gasteiger partial charge in [0.1, 0.15) is 0 Å². The Morgan fingerprint density at radius 2 is 1.82 bits per heavy atom. The van der Waals surface area contributed by atoms with E-state index >= 15 is 0 Å². The van der Waals surface area contributed by atoms with Crippen LogP contribution < -0.4 is 0 Å². The average Bonchev–Trinajstić information content (AvgIpc) is 2.39. The number of rotatable bonds is 3.